The first-order valence-corrected chi connectivity index (χ1v) is 10.0. The molecule has 28 heavy (non-hydrogen) atoms. The van der Waals surface area contributed by atoms with Crippen LogP contribution in [0.3, 0.4) is 0 Å². The molecule has 0 bridgehead atoms. The van der Waals surface area contributed by atoms with Gasteiger partial charge in [-0.15, -0.1) is 0 Å². The lowest BCUT2D eigenvalue weighted by Gasteiger charge is -2.37. The van der Waals surface area contributed by atoms with Crippen molar-refractivity contribution >= 4 is 22.4 Å². The third kappa shape index (κ3) is 4.07. The number of aryl methyl sites for hydroxylation is 2. The van der Waals surface area contributed by atoms with Crippen molar-refractivity contribution in [2.75, 3.05) is 42.6 Å². The molecule has 6 nitrogen and oxygen atoms in total. The van der Waals surface area contributed by atoms with E-state index in [1.165, 1.54) is 16.6 Å². The van der Waals surface area contributed by atoms with Crippen LogP contribution in [-0.4, -0.2) is 52.8 Å². The number of fused-ring (bicyclic) bond motifs is 1. The maximum Gasteiger partial charge on any atom is 0.132 e. The normalized spacial score (nSPS) is 14.6. The number of benzene rings is 1. The Morgan fingerprint density at radius 1 is 0.929 bits per heavy atom. The highest BCUT2D eigenvalue weighted by molar-refractivity contribution is 5.92. The Morgan fingerprint density at radius 3 is 2.54 bits per heavy atom. The highest BCUT2D eigenvalue weighted by Gasteiger charge is 2.20. The van der Waals surface area contributed by atoms with Gasteiger partial charge >= 0.3 is 0 Å². The van der Waals surface area contributed by atoms with E-state index in [0.29, 0.717) is 0 Å². The van der Waals surface area contributed by atoms with Gasteiger partial charge in [0.1, 0.15) is 11.6 Å². The summed E-state index contributed by atoms with van der Waals surface area (Å²) >= 11 is 0. The summed E-state index contributed by atoms with van der Waals surface area (Å²) in [5.41, 5.74) is 3.56. The first-order valence-electron chi connectivity index (χ1n) is 10.0. The number of aliphatic hydroxyl groups excluding tert-OH is 1. The van der Waals surface area contributed by atoms with E-state index in [-0.39, 0.29) is 6.61 Å². The van der Waals surface area contributed by atoms with E-state index < -0.39 is 0 Å². The minimum atomic E-state index is 0.227. The number of piperazine rings is 1. The van der Waals surface area contributed by atoms with E-state index in [0.717, 1.165) is 62.6 Å². The van der Waals surface area contributed by atoms with Crippen LogP contribution in [0.25, 0.3) is 10.9 Å². The minimum Gasteiger partial charge on any atom is -0.396 e. The number of hydrogen-bond donors (Lipinski definition) is 1. The van der Waals surface area contributed by atoms with Crippen molar-refractivity contribution in [3.63, 3.8) is 0 Å². The summed E-state index contributed by atoms with van der Waals surface area (Å²) in [5.74, 6) is 1.87. The molecule has 2 aromatic heterocycles. The molecule has 146 valence electrons. The van der Waals surface area contributed by atoms with Gasteiger partial charge in [0.25, 0.3) is 0 Å². The molecule has 1 fully saturated rings. The second-order valence-corrected chi connectivity index (χ2v) is 7.34. The van der Waals surface area contributed by atoms with Crippen LogP contribution in [-0.2, 0) is 6.42 Å². The van der Waals surface area contributed by atoms with Crippen LogP contribution in [0.4, 0.5) is 11.5 Å². The van der Waals surface area contributed by atoms with E-state index in [1.807, 2.05) is 18.5 Å². The van der Waals surface area contributed by atoms with Crippen LogP contribution in [0.2, 0.25) is 0 Å². The van der Waals surface area contributed by atoms with Crippen molar-refractivity contribution in [3.8, 4) is 0 Å². The van der Waals surface area contributed by atoms with Crippen LogP contribution < -0.4 is 9.80 Å². The summed E-state index contributed by atoms with van der Waals surface area (Å²) in [6.07, 6.45) is 6.29. The van der Waals surface area contributed by atoms with Gasteiger partial charge in [-0.3, -0.25) is 4.98 Å². The van der Waals surface area contributed by atoms with Crippen molar-refractivity contribution < 1.29 is 5.11 Å². The van der Waals surface area contributed by atoms with Crippen molar-refractivity contribution in [1.82, 2.24) is 15.0 Å². The molecule has 6 heteroatoms. The Kier molecular flexibility index (Phi) is 5.67. The highest BCUT2D eigenvalue weighted by Crippen LogP contribution is 2.27. The molecule has 3 aromatic rings. The predicted octanol–water partition coefficient (Wildman–Crippen LogP) is 2.97. The van der Waals surface area contributed by atoms with E-state index >= 15 is 0 Å². The van der Waals surface area contributed by atoms with E-state index in [4.69, 9.17) is 10.1 Å². The van der Waals surface area contributed by atoms with Gasteiger partial charge in [-0.05, 0) is 43.5 Å². The molecule has 0 aliphatic carbocycles. The van der Waals surface area contributed by atoms with Crippen molar-refractivity contribution in [2.24, 2.45) is 0 Å². The monoisotopic (exact) mass is 377 g/mol. The lowest BCUT2D eigenvalue weighted by molar-refractivity contribution is 0.284. The molecule has 1 aliphatic rings. The van der Waals surface area contributed by atoms with Gasteiger partial charge in [-0.25, -0.2) is 9.97 Å². The minimum absolute atomic E-state index is 0.227. The van der Waals surface area contributed by atoms with Crippen LogP contribution in [0, 0.1) is 6.92 Å². The Bertz CT molecular complexity index is 937. The molecular formula is C22H27N5O. The summed E-state index contributed by atoms with van der Waals surface area (Å²) in [6.45, 7) is 6.11. The highest BCUT2D eigenvalue weighted by atomic mass is 16.2. The number of unbranched alkanes of at least 4 members (excludes halogenated alkanes) is 1. The fraction of sp³-hybridized carbons (Fsp3) is 0.409. The van der Waals surface area contributed by atoms with E-state index in [1.54, 1.807) is 0 Å². The molecule has 1 aromatic carbocycles. The molecule has 1 saturated heterocycles. The molecule has 3 heterocycles. The number of hydrogen-bond acceptors (Lipinski definition) is 6. The van der Waals surface area contributed by atoms with E-state index in [2.05, 4.69) is 51.0 Å². The van der Waals surface area contributed by atoms with Crippen LogP contribution in [0.15, 0.2) is 42.7 Å². The average Bonchev–Trinajstić information content (AvgIpc) is 2.74. The molecule has 4 rings (SSSR count). The Balaban J connectivity index is 1.45. The number of anilines is 2. The van der Waals surface area contributed by atoms with Gasteiger partial charge in [0.15, 0.2) is 0 Å². The second-order valence-electron chi connectivity index (χ2n) is 7.34. The smallest absolute Gasteiger partial charge is 0.132 e. The second kappa shape index (κ2) is 8.52. The maximum absolute atomic E-state index is 8.94. The van der Waals surface area contributed by atoms with Gasteiger partial charge in [0.2, 0.25) is 0 Å². The molecule has 0 spiro atoms. The fourth-order valence-corrected chi connectivity index (χ4v) is 3.78. The van der Waals surface area contributed by atoms with Crippen LogP contribution >= 0.6 is 0 Å². The van der Waals surface area contributed by atoms with Crippen molar-refractivity contribution in [2.45, 2.75) is 26.2 Å². The topological polar surface area (TPSA) is 65.4 Å². The van der Waals surface area contributed by atoms with Gasteiger partial charge < -0.3 is 14.9 Å². The van der Waals surface area contributed by atoms with Crippen molar-refractivity contribution in [3.05, 3.63) is 54.1 Å². The quantitative estimate of drug-likeness (QED) is 0.666. The standard InChI is InChI=1S/C22H27N5O/c1-17-5-6-18-19(16-17)23-9-7-20(18)26-11-13-27(14-12-26)22-8-10-24-21(25-22)4-2-3-15-28/h5-10,16,28H,2-4,11-15H2,1H3. The fourth-order valence-electron chi connectivity index (χ4n) is 3.78. The van der Waals surface area contributed by atoms with E-state index in [9.17, 15) is 0 Å². The summed E-state index contributed by atoms with van der Waals surface area (Å²) in [4.78, 5) is 18.4. The molecule has 0 amide bonds. The zero-order chi connectivity index (χ0) is 19.3. The molecule has 0 atom stereocenters. The number of aromatic nitrogens is 3. The predicted molar refractivity (Wildman–Crippen MR) is 113 cm³/mol. The maximum atomic E-state index is 8.94. The third-order valence-corrected chi connectivity index (χ3v) is 5.32. The largest absolute Gasteiger partial charge is 0.396 e. The molecule has 0 radical (unpaired) electrons. The summed E-state index contributed by atoms with van der Waals surface area (Å²) in [5, 5.41) is 10.2. The summed E-state index contributed by atoms with van der Waals surface area (Å²) in [6, 6.07) is 10.6. The zero-order valence-corrected chi connectivity index (χ0v) is 16.4. The third-order valence-electron chi connectivity index (χ3n) is 5.32. The van der Waals surface area contributed by atoms with Gasteiger partial charge in [-0.1, -0.05) is 12.1 Å². The number of rotatable bonds is 6. The molecule has 1 aliphatic heterocycles. The van der Waals surface area contributed by atoms with Crippen molar-refractivity contribution in [1.29, 1.82) is 0 Å². The number of nitrogens with zero attached hydrogens (tertiary/aromatic N) is 5. The Morgan fingerprint density at radius 2 is 1.71 bits per heavy atom. The zero-order valence-electron chi connectivity index (χ0n) is 16.4. The lowest BCUT2D eigenvalue weighted by Crippen LogP contribution is -2.47. The Labute approximate surface area is 165 Å². The molecule has 1 N–H and O–H groups in total. The first kappa shape index (κ1) is 18.6. The first-order chi connectivity index (χ1) is 13.7. The number of aliphatic hydroxyl groups is 1. The van der Waals surface area contributed by atoms with Crippen LogP contribution in [0.5, 0.6) is 0 Å². The lowest BCUT2D eigenvalue weighted by atomic mass is 10.1. The summed E-state index contributed by atoms with van der Waals surface area (Å²) in [7, 11) is 0. The molecular weight excluding hydrogens is 350 g/mol. The summed E-state index contributed by atoms with van der Waals surface area (Å²) < 4.78 is 0. The average molecular weight is 377 g/mol. The SMILES string of the molecule is Cc1ccc2c(N3CCN(c4ccnc(CCCCO)n4)CC3)ccnc2c1. The van der Waals surface area contributed by atoms with Gasteiger partial charge in [-0.2, -0.15) is 0 Å². The van der Waals surface area contributed by atoms with Gasteiger partial charge in [0.05, 0.1) is 5.52 Å². The number of pyridine rings is 1. The Hall–Kier alpha value is -2.73. The molecule has 0 unspecified atom stereocenters. The molecule has 0 saturated carbocycles. The van der Waals surface area contributed by atoms with Crippen LogP contribution in [0.1, 0.15) is 24.2 Å². The van der Waals surface area contributed by atoms with Gasteiger partial charge in [0, 0.05) is 62.7 Å².